The summed E-state index contributed by atoms with van der Waals surface area (Å²) < 4.78 is 17.4. The lowest BCUT2D eigenvalue weighted by Crippen LogP contribution is -2.40. The molecule has 10 nitrogen and oxygen atoms in total. The Morgan fingerprint density at radius 3 is 2.57 bits per heavy atom. The molecule has 0 aliphatic carbocycles. The van der Waals surface area contributed by atoms with Crippen molar-refractivity contribution in [3.63, 3.8) is 0 Å². The number of nitrogens with one attached hydrogen (secondary N) is 1. The number of aromatic nitrogens is 1. The predicted octanol–water partition coefficient (Wildman–Crippen LogP) is 7.69. The molecule has 0 bridgehead atoms. The minimum Gasteiger partial charge on any atom is -0.490 e. The Balaban J connectivity index is 1.60. The Labute approximate surface area is 279 Å². The van der Waals surface area contributed by atoms with Crippen LogP contribution in [-0.2, 0) is 9.53 Å². The number of fused-ring (bicyclic) bond motifs is 1. The van der Waals surface area contributed by atoms with Crippen molar-refractivity contribution in [2.75, 3.05) is 24.2 Å². The van der Waals surface area contributed by atoms with E-state index in [1.807, 2.05) is 87.5 Å². The summed E-state index contributed by atoms with van der Waals surface area (Å²) in [6.45, 7) is 10.7. The molecule has 1 saturated heterocycles. The largest absolute Gasteiger partial charge is 0.506 e. The molecular formula is C36H42N4O6S. The summed E-state index contributed by atoms with van der Waals surface area (Å²) in [5.74, 6) is 1.30. The van der Waals surface area contributed by atoms with Gasteiger partial charge in [0, 0.05) is 40.4 Å². The van der Waals surface area contributed by atoms with Crippen LogP contribution in [0.1, 0.15) is 64.3 Å². The number of likely N-dealkylation sites (tertiary alicyclic amines) is 1. The fourth-order valence-corrected chi connectivity index (χ4v) is 6.94. The number of rotatable bonds is 12. The number of hydrogen-bond donors (Lipinski definition) is 3. The molecule has 3 aromatic carbocycles. The number of benzene rings is 3. The molecule has 11 heteroatoms. The van der Waals surface area contributed by atoms with Gasteiger partial charge in [-0.1, -0.05) is 38.1 Å². The van der Waals surface area contributed by atoms with E-state index < -0.39 is 24.3 Å². The van der Waals surface area contributed by atoms with E-state index in [-0.39, 0.29) is 17.3 Å². The third-order valence-corrected chi connectivity index (χ3v) is 8.89. The molecule has 3 unspecified atom stereocenters. The third-order valence-electron chi connectivity index (χ3n) is 7.79. The number of carboxylic acid groups (broad SMARTS) is 1. The Morgan fingerprint density at radius 2 is 1.85 bits per heavy atom. The first-order valence-corrected chi connectivity index (χ1v) is 16.7. The Kier molecular flexibility index (Phi) is 10.7. The van der Waals surface area contributed by atoms with E-state index >= 15 is 0 Å². The SMILES string of the molecule is CCOc1cc(C(Nc2ccc3c(N)nccc3c2)C(=O)N2CCC(OC(=O)O)C2c2ccccc2SC(C)C)ccc1OC(C)C. The summed E-state index contributed by atoms with van der Waals surface area (Å²) >= 11 is 1.67. The van der Waals surface area contributed by atoms with Crippen molar-refractivity contribution in [3.8, 4) is 11.5 Å². The minimum atomic E-state index is -1.37. The van der Waals surface area contributed by atoms with Gasteiger partial charge in [0.15, 0.2) is 11.5 Å². The van der Waals surface area contributed by atoms with E-state index in [9.17, 15) is 14.7 Å². The standard InChI is InChI=1S/C36H42N4O6S/c1-6-44-30-20-24(11-14-28(30)45-21(2)3)32(39-25-12-13-26-23(19-25)15-17-38-34(26)37)35(41)40-18-16-29(46-36(42)43)33(40)27-9-7-8-10-31(27)47-22(4)5/h7-15,17,19-22,29,32-33,39H,6,16,18H2,1-5H3,(H2,37,38)(H,42,43). The van der Waals surface area contributed by atoms with Gasteiger partial charge in [0.1, 0.15) is 18.0 Å². The van der Waals surface area contributed by atoms with Crippen LogP contribution in [0.5, 0.6) is 11.5 Å². The van der Waals surface area contributed by atoms with Gasteiger partial charge in [-0.3, -0.25) is 4.79 Å². The molecule has 248 valence electrons. The van der Waals surface area contributed by atoms with E-state index in [0.29, 0.717) is 48.1 Å². The molecule has 0 saturated carbocycles. The number of nitrogens with zero attached hydrogens (tertiary/aromatic N) is 2. The fraction of sp³-hybridized carbons (Fsp3) is 0.361. The third kappa shape index (κ3) is 7.85. The van der Waals surface area contributed by atoms with Crippen molar-refractivity contribution in [2.24, 2.45) is 0 Å². The van der Waals surface area contributed by atoms with Crippen molar-refractivity contribution in [2.45, 2.75) is 75.5 Å². The Hall–Kier alpha value is -4.64. The molecule has 47 heavy (non-hydrogen) atoms. The second-order valence-electron chi connectivity index (χ2n) is 11.9. The monoisotopic (exact) mass is 658 g/mol. The molecule has 1 fully saturated rings. The molecule has 0 radical (unpaired) electrons. The topological polar surface area (TPSA) is 136 Å². The van der Waals surface area contributed by atoms with Crippen LogP contribution in [0.2, 0.25) is 0 Å². The molecule has 1 aliphatic rings. The highest BCUT2D eigenvalue weighted by Crippen LogP contribution is 2.42. The van der Waals surface area contributed by atoms with E-state index in [0.717, 1.165) is 21.2 Å². The Morgan fingerprint density at radius 1 is 1.06 bits per heavy atom. The lowest BCUT2D eigenvalue weighted by molar-refractivity contribution is -0.134. The van der Waals surface area contributed by atoms with Crippen molar-refractivity contribution < 1.29 is 28.9 Å². The van der Waals surface area contributed by atoms with Crippen molar-refractivity contribution in [1.82, 2.24) is 9.88 Å². The first kappa shape index (κ1) is 33.7. The molecule has 3 atom stereocenters. The van der Waals surface area contributed by atoms with Crippen LogP contribution in [0.25, 0.3) is 10.8 Å². The highest BCUT2D eigenvalue weighted by molar-refractivity contribution is 8.00. The second kappa shape index (κ2) is 14.8. The maximum absolute atomic E-state index is 14.9. The highest BCUT2D eigenvalue weighted by atomic mass is 32.2. The van der Waals surface area contributed by atoms with Gasteiger partial charge >= 0.3 is 6.16 Å². The van der Waals surface area contributed by atoms with Crippen LogP contribution in [0, 0.1) is 0 Å². The second-order valence-corrected chi connectivity index (χ2v) is 13.5. The number of hydrogen-bond acceptors (Lipinski definition) is 9. The lowest BCUT2D eigenvalue weighted by atomic mass is 9.99. The summed E-state index contributed by atoms with van der Waals surface area (Å²) in [5.41, 5.74) is 8.33. The number of ether oxygens (including phenoxy) is 3. The van der Waals surface area contributed by atoms with Gasteiger partial charge in [0.25, 0.3) is 0 Å². The number of carbonyl (C=O) groups excluding carboxylic acids is 1. The zero-order chi connectivity index (χ0) is 33.7. The van der Waals surface area contributed by atoms with Crippen LogP contribution in [-0.4, -0.2) is 57.7 Å². The first-order valence-electron chi connectivity index (χ1n) is 15.9. The zero-order valence-electron chi connectivity index (χ0n) is 27.3. The van der Waals surface area contributed by atoms with Crippen LogP contribution in [0.15, 0.2) is 77.8 Å². The summed E-state index contributed by atoms with van der Waals surface area (Å²) in [6, 6.07) is 19.4. The van der Waals surface area contributed by atoms with E-state index in [1.54, 1.807) is 22.9 Å². The summed E-state index contributed by atoms with van der Waals surface area (Å²) in [4.78, 5) is 33.6. The summed E-state index contributed by atoms with van der Waals surface area (Å²) in [7, 11) is 0. The van der Waals surface area contributed by atoms with Gasteiger partial charge in [-0.2, -0.15) is 0 Å². The van der Waals surface area contributed by atoms with Crippen LogP contribution < -0.4 is 20.5 Å². The molecule has 1 aromatic heterocycles. The highest BCUT2D eigenvalue weighted by Gasteiger charge is 2.44. The molecule has 1 amide bonds. The first-order chi connectivity index (χ1) is 22.5. The van der Waals surface area contributed by atoms with Gasteiger partial charge in [0.05, 0.1) is 18.8 Å². The number of nitrogens with two attached hydrogens (primary N) is 1. The van der Waals surface area contributed by atoms with Crippen LogP contribution in [0.3, 0.4) is 0 Å². The number of thioether (sulfide) groups is 1. The van der Waals surface area contributed by atoms with Crippen molar-refractivity contribution in [3.05, 3.63) is 84.1 Å². The maximum atomic E-state index is 14.9. The van der Waals surface area contributed by atoms with Crippen LogP contribution >= 0.6 is 11.8 Å². The van der Waals surface area contributed by atoms with Gasteiger partial charge in [-0.25, -0.2) is 9.78 Å². The molecule has 5 rings (SSSR count). The average Bonchev–Trinajstić information content (AvgIpc) is 3.43. The van der Waals surface area contributed by atoms with Gasteiger partial charge in [-0.15, -0.1) is 11.8 Å². The van der Waals surface area contributed by atoms with E-state index in [4.69, 9.17) is 19.9 Å². The predicted molar refractivity (Wildman–Crippen MR) is 185 cm³/mol. The minimum absolute atomic E-state index is 0.0737. The normalized spacial score (nSPS) is 16.8. The summed E-state index contributed by atoms with van der Waals surface area (Å²) in [5, 5.41) is 15.1. The number of pyridine rings is 1. The average molecular weight is 659 g/mol. The van der Waals surface area contributed by atoms with E-state index in [1.165, 1.54) is 0 Å². The lowest BCUT2D eigenvalue weighted by Gasteiger charge is -2.33. The molecule has 4 aromatic rings. The van der Waals surface area contributed by atoms with Crippen LogP contribution in [0.4, 0.5) is 16.3 Å². The number of amides is 1. The fourth-order valence-electron chi connectivity index (χ4n) is 5.95. The number of nitrogen functional groups attached to an aromatic ring is 1. The molecule has 0 spiro atoms. The number of carbonyl (C=O) groups is 2. The van der Waals surface area contributed by atoms with Crippen molar-refractivity contribution >= 4 is 46.1 Å². The van der Waals surface area contributed by atoms with Gasteiger partial charge in [0.2, 0.25) is 5.91 Å². The molecule has 2 heterocycles. The molecule has 1 aliphatic heterocycles. The summed E-state index contributed by atoms with van der Waals surface area (Å²) in [6.07, 6.45) is -0.164. The van der Waals surface area contributed by atoms with Gasteiger partial charge < -0.3 is 35.3 Å². The number of anilines is 2. The zero-order valence-corrected chi connectivity index (χ0v) is 28.1. The van der Waals surface area contributed by atoms with Crippen molar-refractivity contribution in [1.29, 1.82) is 0 Å². The molecular weight excluding hydrogens is 616 g/mol. The Bertz CT molecular complexity index is 1730. The van der Waals surface area contributed by atoms with E-state index in [2.05, 4.69) is 24.1 Å². The smallest absolute Gasteiger partial charge is 0.490 e. The maximum Gasteiger partial charge on any atom is 0.506 e. The quantitative estimate of drug-likeness (QED) is 0.103. The van der Waals surface area contributed by atoms with Gasteiger partial charge in [-0.05, 0) is 79.7 Å². The molecule has 4 N–H and O–H groups in total.